The van der Waals surface area contributed by atoms with Crippen molar-refractivity contribution >= 4 is 114 Å². The number of nitrogens with one attached hydrogen (secondary N) is 4. The molecule has 0 aliphatic heterocycles. The van der Waals surface area contributed by atoms with E-state index in [1.54, 1.807) is 0 Å². The van der Waals surface area contributed by atoms with Crippen LogP contribution >= 0.6 is 89.6 Å². The van der Waals surface area contributed by atoms with E-state index in [9.17, 15) is 38.8 Å². The molecule has 20 nitrogen and oxygen atoms in total. The van der Waals surface area contributed by atoms with Crippen LogP contribution in [0.3, 0.4) is 0 Å². The molecule has 0 aromatic heterocycles. The lowest BCUT2D eigenvalue weighted by Gasteiger charge is -2.14. The van der Waals surface area contributed by atoms with Crippen molar-refractivity contribution in [1.82, 2.24) is 41.3 Å². The van der Waals surface area contributed by atoms with E-state index in [2.05, 4.69) is 42.4 Å². The predicted molar refractivity (Wildman–Crippen MR) is 196 cm³/mol. The van der Waals surface area contributed by atoms with E-state index in [1.165, 1.54) is 43.2 Å². The summed E-state index contributed by atoms with van der Waals surface area (Å²) in [6, 6.07) is -2.40. The summed E-state index contributed by atoms with van der Waals surface area (Å²) in [6.07, 6.45) is 0. The van der Waals surface area contributed by atoms with E-state index in [1.807, 2.05) is 0 Å². The monoisotopic (exact) mass is 840 g/mol. The molecule has 0 aliphatic carbocycles. The molecule has 4 N–H and O–H groups in total. The Kier molecular flexibility index (Phi) is 35.0. The van der Waals surface area contributed by atoms with Gasteiger partial charge < -0.3 is 21.3 Å². The highest BCUT2D eigenvalue weighted by molar-refractivity contribution is 8.77. The van der Waals surface area contributed by atoms with E-state index < -0.39 is 24.1 Å². The molecule has 0 fully saturated rings. The number of halogens is 4. The normalized spacial score (nSPS) is 9.92. The van der Waals surface area contributed by atoms with Crippen LogP contribution in [0, 0.1) is 19.6 Å². The van der Waals surface area contributed by atoms with Crippen LogP contribution in [0.25, 0.3) is 0 Å². The quantitative estimate of drug-likeness (QED) is 0.0310. The lowest BCUT2D eigenvalue weighted by molar-refractivity contribution is 0.202. The maximum Gasteiger partial charge on any atom is 0.340 e. The van der Waals surface area contributed by atoms with Crippen LogP contribution in [-0.4, -0.2) is 143 Å². The molecule has 0 saturated carbocycles. The minimum absolute atomic E-state index is 0.0505. The number of carbonyl (C=O) groups is 4. The van der Waals surface area contributed by atoms with Gasteiger partial charge in [-0.25, -0.2) is 19.2 Å². The number of nitrogens with zero attached hydrogens (tertiary/aromatic N) is 8. The summed E-state index contributed by atoms with van der Waals surface area (Å²) in [7, 11) is 5.70. The van der Waals surface area contributed by atoms with Gasteiger partial charge in [-0.3, -0.25) is 0 Å². The summed E-state index contributed by atoms with van der Waals surface area (Å²) in [6.45, 7) is 1.56. The van der Waals surface area contributed by atoms with Crippen LogP contribution in [0.5, 0.6) is 0 Å². The van der Waals surface area contributed by atoms with Crippen LogP contribution in [0.1, 0.15) is 0 Å². The Morgan fingerprint density at radius 3 is 0.958 bits per heavy atom. The lowest BCUT2D eigenvalue weighted by Crippen LogP contribution is -2.38. The smallest absolute Gasteiger partial charge is 0.336 e. The first-order valence-corrected chi connectivity index (χ1v) is 20.6. The number of alkyl halides is 4. The highest BCUT2D eigenvalue weighted by Crippen LogP contribution is 2.21. The number of rotatable bonds is 26. The van der Waals surface area contributed by atoms with Crippen molar-refractivity contribution in [3.8, 4) is 0 Å². The van der Waals surface area contributed by atoms with E-state index in [0.29, 0.717) is 46.1 Å². The number of amides is 8. The van der Waals surface area contributed by atoms with Crippen molar-refractivity contribution in [2.75, 3.05) is 98.9 Å². The molecule has 0 unspecified atom stereocenters. The van der Waals surface area contributed by atoms with Crippen molar-refractivity contribution in [2.24, 2.45) is 21.1 Å². The van der Waals surface area contributed by atoms with Gasteiger partial charge in [-0.15, -0.1) is 66.0 Å². The second-order valence-electron chi connectivity index (χ2n) is 7.79. The van der Waals surface area contributed by atoms with E-state index in [0.717, 1.165) is 10.0 Å². The molecule has 28 heteroatoms. The molecule has 276 valence electrons. The Balaban J connectivity index is 0. The van der Waals surface area contributed by atoms with Gasteiger partial charge in [-0.2, -0.15) is 20.0 Å². The minimum Gasteiger partial charge on any atom is -0.336 e. The fourth-order valence-electron chi connectivity index (χ4n) is 2.43. The highest BCUT2D eigenvalue weighted by atomic mass is 35.5. The van der Waals surface area contributed by atoms with Crippen LogP contribution in [0.15, 0.2) is 21.1 Å². The molecule has 0 aromatic carbocycles. The maximum atomic E-state index is 11.5. The van der Waals surface area contributed by atoms with Crippen molar-refractivity contribution in [2.45, 2.75) is 0 Å². The first kappa shape index (κ1) is 48.2. The standard InChI is InChI=1S/2C10H18Cl2N6O4S2/c11-1-5-17(15-21)9(19)13-3-7-23-24-8-4-14-10(20)18(16-22)6-2-12;11-1-3-13-9(19)17(15-21)5-7-23-24-8-6-18(16-22)10(20)14-4-2-12/h2*1-8H2,(H,13,19)(H,14,20). The molecule has 0 aliphatic rings. The molecule has 0 rings (SSSR count). The first-order chi connectivity index (χ1) is 23.2. The Morgan fingerprint density at radius 2 is 0.688 bits per heavy atom. The Bertz CT molecular complexity index is 891. The fraction of sp³-hybridized carbons (Fsp3) is 0.800. The van der Waals surface area contributed by atoms with E-state index in [4.69, 9.17) is 46.4 Å². The van der Waals surface area contributed by atoms with Crippen LogP contribution in [0.4, 0.5) is 19.2 Å². The van der Waals surface area contributed by atoms with Crippen LogP contribution < -0.4 is 21.3 Å². The molecule has 8 amide bonds. The van der Waals surface area contributed by atoms with Crippen LogP contribution in [0.2, 0.25) is 0 Å². The van der Waals surface area contributed by atoms with Gasteiger partial charge in [0.25, 0.3) is 0 Å². The summed E-state index contributed by atoms with van der Waals surface area (Å²) in [4.78, 5) is 87.8. The SMILES string of the molecule is O=NN(CCCl)C(=O)NCCSSCCNC(=O)N(CCCl)N=O.O=NN(CCSSCCN(N=O)C(=O)NCCCl)C(=O)NCCCl. The number of carbonyl (C=O) groups excluding carboxylic acids is 4. The fourth-order valence-corrected chi connectivity index (χ4v) is 6.64. The van der Waals surface area contributed by atoms with E-state index in [-0.39, 0.29) is 62.8 Å². The van der Waals surface area contributed by atoms with Gasteiger partial charge in [0.15, 0.2) is 0 Å². The van der Waals surface area contributed by atoms with Gasteiger partial charge in [0.2, 0.25) is 0 Å². The van der Waals surface area contributed by atoms with Gasteiger partial charge >= 0.3 is 24.1 Å². The molecule has 0 radical (unpaired) electrons. The summed E-state index contributed by atoms with van der Waals surface area (Å²) in [5, 5.41) is 23.2. The zero-order valence-corrected chi connectivity index (χ0v) is 31.6. The molecule has 0 saturated heterocycles. The van der Waals surface area contributed by atoms with Crippen LogP contribution in [-0.2, 0) is 0 Å². The molecule has 0 spiro atoms. The largest absolute Gasteiger partial charge is 0.340 e. The highest BCUT2D eigenvalue weighted by Gasteiger charge is 2.15. The number of nitroso groups, excluding NO2 is 4. The van der Waals surface area contributed by atoms with Gasteiger partial charge in [-0.05, 0) is 0 Å². The maximum absolute atomic E-state index is 11.5. The van der Waals surface area contributed by atoms with Crippen molar-refractivity contribution in [1.29, 1.82) is 0 Å². The summed E-state index contributed by atoms with van der Waals surface area (Å²) in [5.41, 5.74) is 0. The third-order valence-electron chi connectivity index (χ3n) is 4.53. The topological polar surface area (TPSA) is 247 Å². The van der Waals surface area contributed by atoms with Crippen molar-refractivity contribution in [3.63, 3.8) is 0 Å². The van der Waals surface area contributed by atoms with Gasteiger partial charge in [-0.1, -0.05) is 43.2 Å². The molecular weight excluding hydrogens is 806 g/mol. The average Bonchev–Trinajstić information content (AvgIpc) is 3.09. The number of urea groups is 4. The Hall–Kier alpha value is -1.96. The molecule has 0 atom stereocenters. The molecule has 0 bridgehead atoms. The summed E-state index contributed by atoms with van der Waals surface area (Å²) in [5.74, 6) is 2.81. The zero-order valence-electron chi connectivity index (χ0n) is 25.3. The third kappa shape index (κ3) is 26.0. The second kappa shape index (κ2) is 34.9. The molecule has 48 heavy (non-hydrogen) atoms. The Labute approximate surface area is 312 Å². The molecule has 0 aromatic rings. The summed E-state index contributed by atoms with van der Waals surface area (Å²) >= 11 is 21.7. The minimum atomic E-state index is -0.608. The van der Waals surface area contributed by atoms with Gasteiger partial charge in [0, 0.05) is 72.7 Å². The first-order valence-electron chi connectivity index (χ1n) is 13.5. The number of hydrogen-bond acceptors (Lipinski definition) is 16. The second-order valence-corrected chi connectivity index (χ2v) is 14.7. The van der Waals surface area contributed by atoms with E-state index >= 15 is 0 Å². The third-order valence-corrected chi connectivity index (χ3v) is 10.0. The van der Waals surface area contributed by atoms with Gasteiger partial charge in [0.05, 0.1) is 47.3 Å². The number of hydrogen-bond donors (Lipinski definition) is 4. The average molecular weight is 843 g/mol. The Morgan fingerprint density at radius 1 is 0.417 bits per heavy atom. The van der Waals surface area contributed by atoms with Crippen molar-refractivity contribution in [3.05, 3.63) is 19.6 Å². The zero-order chi connectivity index (χ0) is 36.4. The van der Waals surface area contributed by atoms with Gasteiger partial charge in [0.1, 0.15) is 0 Å². The summed E-state index contributed by atoms with van der Waals surface area (Å²) < 4.78 is 0. The molecule has 0 heterocycles. The predicted octanol–water partition coefficient (Wildman–Crippen LogP) is 4.46. The lowest BCUT2D eigenvalue weighted by atomic mass is 10.6. The molecular formula is C20H36Cl4N12O8S4. The van der Waals surface area contributed by atoms with Crippen molar-refractivity contribution < 1.29 is 19.2 Å².